The second-order valence-corrected chi connectivity index (χ2v) is 9.34. The van der Waals surface area contributed by atoms with Crippen molar-refractivity contribution in [1.29, 1.82) is 0 Å². The molecule has 0 saturated carbocycles. The molecule has 0 aromatic carbocycles. The number of hydrogen-bond acceptors (Lipinski definition) is 7. The van der Waals surface area contributed by atoms with Crippen LogP contribution in [0.1, 0.15) is 28.7 Å². The minimum atomic E-state index is -1.05. The number of alkyl halides is 1. The minimum absolute atomic E-state index is 0.179. The van der Waals surface area contributed by atoms with E-state index in [1.807, 2.05) is 37.0 Å². The summed E-state index contributed by atoms with van der Waals surface area (Å²) in [6, 6.07) is 3.10. The van der Waals surface area contributed by atoms with Gasteiger partial charge in [-0.25, -0.2) is 9.37 Å². The van der Waals surface area contributed by atoms with E-state index in [4.69, 9.17) is 16.2 Å². The van der Waals surface area contributed by atoms with Gasteiger partial charge in [0, 0.05) is 29.4 Å². The number of ether oxygens (including phenoxy) is 1. The van der Waals surface area contributed by atoms with Crippen LogP contribution in [-0.4, -0.2) is 53.7 Å². The molecule has 170 valence electrons. The number of thiophene rings is 1. The molecule has 2 aliphatic rings. The number of aromatic nitrogens is 1. The van der Waals surface area contributed by atoms with Crippen molar-refractivity contribution in [3.05, 3.63) is 58.5 Å². The number of aryl methyl sites for hydroxylation is 1. The highest BCUT2D eigenvalue weighted by Crippen LogP contribution is 2.33. The van der Waals surface area contributed by atoms with Crippen molar-refractivity contribution in [3.8, 4) is 0 Å². The maximum absolute atomic E-state index is 13.8. The monoisotopic (exact) mass is 457 g/mol. The highest BCUT2D eigenvalue weighted by atomic mass is 32.1. The molecule has 1 saturated heterocycles. The molecular weight excluding hydrogens is 429 g/mol. The summed E-state index contributed by atoms with van der Waals surface area (Å²) in [5.74, 6) is 0.484. The number of nitrogens with zero attached hydrogens (tertiary/aromatic N) is 2. The number of allylic oxidation sites excluding steroid dienone is 2. The zero-order valence-corrected chi connectivity index (χ0v) is 19.0. The summed E-state index contributed by atoms with van der Waals surface area (Å²) in [5, 5.41) is 3.82. The zero-order valence-electron chi connectivity index (χ0n) is 18.2. The minimum Gasteiger partial charge on any atom is -0.491 e. The standard InChI is InChI=1S/C23H28FN5O2S/c1-4-15(29-9-17(24)18(25)10-29)8-19-12(2)7-14(11-31-19)28-22(30)21-20(26)16-6-5-13(3)27-23(16)32-21/h4-6,8,14,17-18H,1,7,9-11,25-26H2,2-3H3,(H,28,30)/b15-8+/t14-,17+,18+/m1/s1. The van der Waals surface area contributed by atoms with Crippen molar-refractivity contribution < 1.29 is 13.9 Å². The lowest BCUT2D eigenvalue weighted by Crippen LogP contribution is -2.40. The van der Waals surface area contributed by atoms with Crippen LogP contribution < -0.4 is 16.8 Å². The first-order valence-corrected chi connectivity index (χ1v) is 11.4. The molecule has 0 unspecified atom stereocenters. The Bertz CT molecular complexity index is 1120. The van der Waals surface area contributed by atoms with E-state index in [0.29, 0.717) is 35.9 Å². The number of pyridine rings is 1. The molecule has 1 fully saturated rings. The van der Waals surface area contributed by atoms with E-state index >= 15 is 0 Å². The van der Waals surface area contributed by atoms with Gasteiger partial charge in [-0.1, -0.05) is 6.58 Å². The summed E-state index contributed by atoms with van der Waals surface area (Å²) in [7, 11) is 0. The van der Waals surface area contributed by atoms with E-state index in [-0.39, 0.29) is 18.5 Å². The number of nitrogens with two attached hydrogens (primary N) is 2. The van der Waals surface area contributed by atoms with Gasteiger partial charge in [-0.15, -0.1) is 11.3 Å². The number of nitrogens with one attached hydrogen (secondary N) is 1. The molecule has 0 radical (unpaired) electrons. The second-order valence-electron chi connectivity index (χ2n) is 8.34. The van der Waals surface area contributed by atoms with Gasteiger partial charge in [-0.3, -0.25) is 4.79 Å². The molecule has 2 aromatic rings. The van der Waals surface area contributed by atoms with E-state index in [1.165, 1.54) is 11.3 Å². The predicted octanol–water partition coefficient (Wildman–Crippen LogP) is 3.03. The molecule has 7 nitrogen and oxygen atoms in total. The van der Waals surface area contributed by atoms with Crippen LogP contribution in [0.15, 0.2) is 47.9 Å². The van der Waals surface area contributed by atoms with Gasteiger partial charge in [0.2, 0.25) is 0 Å². The van der Waals surface area contributed by atoms with Crippen LogP contribution in [0.25, 0.3) is 10.2 Å². The van der Waals surface area contributed by atoms with E-state index in [9.17, 15) is 9.18 Å². The quantitative estimate of drug-likeness (QED) is 0.596. The highest BCUT2D eigenvalue weighted by Gasteiger charge is 2.31. The summed E-state index contributed by atoms with van der Waals surface area (Å²) in [4.78, 5) is 20.4. The maximum Gasteiger partial charge on any atom is 0.263 e. The molecule has 4 heterocycles. The summed E-state index contributed by atoms with van der Waals surface area (Å²) in [6.45, 7) is 8.71. The van der Waals surface area contributed by atoms with Gasteiger partial charge in [0.05, 0.1) is 24.3 Å². The highest BCUT2D eigenvalue weighted by molar-refractivity contribution is 7.21. The lowest BCUT2D eigenvalue weighted by molar-refractivity contribution is 0.0895. The SMILES string of the molecule is C=C/C(=C\C1=C(C)C[C@@H](NC(=O)c2sc3nc(C)ccc3c2N)CO1)N1C[C@H](N)[C@@H](F)C1. The van der Waals surface area contributed by atoms with Gasteiger partial charge in [-0.2, -0.15) is 0 Å². The van der Waals surface area contributed by atoms with Crippen molar-refractivity contribution in [2.75, 3.05) is 25.4 Å². The van der Waals surface area contributed by atoms with Crippen molar-refractivity contribution >= 4 is 33.1 Å². The smallest absolute Gasteiger partial charge is 0.263 e. The molecule has 1 amide bonds. The van der Waals surface area contributed by atoms with E-state index in [2.05, 4.69) is 16.9 Å². The van der Waals surface area contributed by atoms with Crippen LogP contribution in [-0.2, 0) is 4.74 Å². The summed E-state index contributed by atoms with van der Waals surface area (Å²) in [6.07, 6.45) is 3.13. The second kappa shape index (κ2) is 8.91. The van der Waals surface area contributed by atoms with Gasteiger partial charge >= 0.3 is 0 Å². The van der Waals surface area contributed by atoms with Crippen LogP contribution in [0.4, 0.5) is 10.1 Å². The molecule has 9 heteroatoms. The number of anilines is 1. The van der Waals surface area contributed by atoms with Crippen LogP contribution >= 0.6 is 11.3 Å². The number of nitrogen functional groups attached to an aromatic ring is 1. The number of hydrogen-bond donors (Lipinski definition) is 3. The average molecular weight is 458 g/mol. The van der Waals surface area contributed by atoms with E-state index in [0.717, 1.165) is 27.2 Å². The van der Waals surface area contributed by atoms with Gasteiger partial charge in [-0.05, 0) is 44.1 Å². The Balaban J connectivity index is 1.45. The van der Waals surface area contributed by atoms with Crippen molar-refractivity contribution in [3.63, 3.8) is 0 Å². The first-order valence-electron chi connectivity index (χ1n) is 10.5. The molecule has 0 spiro atoms. The van der Waals surface area contributed by atoms with Gasteiger partial charge in [0.15, 0.2) is 0 Å². The van der Waals surface area contributed by atoms with Crippen molar-refractivity contribution in [2.45, 2.75) is 38.5 Å². The third-order valence-electron chi connectivity index (χ3n) is 5.83. The molecule has 0 bridgehead atoms. The Kier molecular flexibility index (Phi) is 6.21. The van der Waals surface area contributed by atoms with Crippen molar-refractivity contribution in [1.82, 2.24) is 15.2 Å². The zero-order chi connectivity index (χ0) is 23.0. The van der Waals surface area contributed by atoms with Gasteiger partial charge in [0.1, 0.15) is 28.2 Å². The molecule has 0 aliphatic carbocycles. The molecular formula is C23H28FN5O2S. The lowest BCUT2D eigenvalue weighted by atomic mass is 10.0. The molecule has 4 rings (SSSR count). The van der Waals surface area contributed by atoms with E-state index in [1.54, 1.807) is 6.08 Å². The summed E-state index contributed by atoms with van der Waals surface area (Å²) >= 11 is 1.29. The molecule has 5 N–H and O–H groups in total. The topological polar surface area (TPSA) is 106 Å². The number of halogens is 1. The lowest BCUT2D eigenvalue weighted by Gasteiger charge is -2.27. The van der Waals surface area contributed by atoms with Gasteiger partial charge < -0.3 is 26.4 Å². The van der Waals surface area contributed by atoms with Gasteiger partial charge in [0.25, 0.3) is 5.91 Å². The average Bonchev–Trinajstić information content (AvgIpc) is 3.26. The third-order valence-corrected chi connectivity index (χ3v) is 6.95. The first kappa shape index (κ1) is 22.3. The normalized spacial score (nSPS) is 24.1. The summed E-state index contributed by atoms with van der Waals surface area (Å²) in [5.41, 5.74) is 15.1. The number of fused-ring (bicyclic) bond motifs is 1. The Morgan fingerprint density at radius 1 is 1.41 bits per heavy atom. The Labute approximate surface area is 190 Å². The van der Waals surface area contributed by atoms with Crippen LogP contribution in [0.3, 0.4) is 0 Å². The van der Waals surface area contributed by atoms with Crippen LogP contribution in [0.2, 0.25) is 0 Å². The predicted molar refractivity (Wildman–Crippen MR) is 126 cm³/mol. The molecule has 32 heavy (non-hydrogen) atoms. The fourth-order valence-electron chi connectivity index (χ4n) is 4.02. The largest absolute Gasteiger partial charge is 0.491 e. The first-order chi connectivity index (χ1) is 15.3. The number of rotatable bonds is 5. The van der Waals surface area contributed by atoms with Crippen LogP contribution in [0.5, 0.6) is 0 Å². The Morgan fingerprint density at radius 3 is 2.84 bits per heavy atom. The fraction of sp³-hybridized carbons (Fsp3) is 0.391. The molecule has 2 aliphatic heterocycles. The number of amides is 1. The van der Waals surface area contributed by atoms with Crippen molar-refractivity contribution in [2.24, 2.45) is 5.73 Å². The number of carbonyl (C=O) groups excluding carboxylic acids is 1. The molecule has 2 aromatic heterocycles. The number of likely N-dealkylation sites (tertiary alicyclic amines) is 1. The third kappa shape index (κ3) is 4.35. The van der Waals surface area contributed by atoms with E-state index < -0.39 is 12.2 Å². The molecule has 3 atom stereocenters. The fourth-order valence-corrected chi connectivity index (χ4v) is 5.07. The number of carbonyl (C=O) groups is 1. The Hall–Kier alpha value is -2.91. The van der Waals surface area contributed by atoms with Crippen LogP contribution in [0, 0.1) is 6.92 Å². The maximum atomic E-state index is 13.8. The Morgan fingerprint density at radius 2 is 2.19 bits per heavy atom. The summed E-state index contributed by atoms with van der Waals surface area (Å²) < 4.78 is 19.8.